The first kappa shape index (κ1) is 46.7. The maximum Gasteiger partial charge on any atom is 0.225 e. The van der Waals surface area contributed by atoms with E-state index < -0.39 is 0 Å². The van der Waals surface area contributed by atoms with Gasteiger partial charge in [-0.25, -0.2) is 10.9 Å². The average molecular weight is 943 g/mol. The molecule has 0 aromatic heterocycles. The average Bonchev–Trinajstić information content (AvgIpc) is 4.02. The Morgan fingerprint density at radius 2 is 1.74 bits per heavy atom. The highest BCUT2D eigenvalue weighted by atomic mass is 35.5. The maximum absolute atomic E-state index is 13.8. The largest absolute Gasteiger partial charge is 0.489 e. The maximum atomic E-state index is 13.8. The van der Waals surface area contributed by atoms with Gasteiger partial charge in [0.15, 0.2) is 0 Å². The molecular formula is C50H72ClN11O3S. The Morgan fingerprint density at radius 1 is 1.00 bits per heavy atom. The summed E-state index contributed by atoms with van der Waals surface area (Å²) in [6.45, 7) is 22.9. The van der Waals surface area contributed by atoms with E-state index in [2.05, 4.69) is 137 Å². The minimum absolute atomic E-state index is 0.0299. The molecule has 0 radical (unpaired) electrons. The highest BCUT2D eigenvalue weighted by Crippen LogP contribution is 2.56. The molecule has 6 saturated heterocycles. The molecule has 66 heavy (non-hydrogen) atoms. The van der Waals surface area contributed by atoms with Crippen molar-refractivity contribution in [3.05, 3.63) is 58.6 Å². The number of halogens is 1. The van der Waals surface area contributed by atoms with Gasteiger partial charge < -0.3 is 19.7 Å². The van der Waals surface area contributed by atoms with E-state index in [9.17, 15) is 10.1 Å². The van der Waals surface area contributed by atoms with Gasteiger partial charge >= 0.3 is 0 Å². The molecule has 8 unspecified atom stereocenters. The Kier molecular flexibility index (Phi) is 13.0. The molecule has 1 amide bonds. The van der Waals surface area contributed by atoms with Gasteiger partial charge in [-0.15, -0.1) is 11.8 Å². The second kappa shape index (κ2) is 18.4. The lowest BCUT2D eigenvalue weighted by molar-refractivity contribution is -0.174. The Bertz CT molecular complexity index is 2150. The van der Waals surface area contributed by atoms with Gasteiger partial charge in [-0.05, 0) is 73.8 Å². The molecule has 16 heteroatoms. The van der Waals surface area contributed by atoms with Crippen LogP contribution < -0.4 is 41.8 Å². The molecule has 6 N–H and O–H groups in total. The third-order valence-corrected chi connectivity index (χ3v) is 19.0. The Hall–Kier alpha value is -3.01. The zero-order valence-electron chi connectivity index (χ0n) is 39.9. The van der Waals surface area contributed by atoms with E-state index in [1.165, 1.54) is 42.6 Å². The number of amides is 1. The number of likely N-dealkylation sites (tertiary alicyclic amines) is 1. The number of ether oxygens (including phenoxy) is 2. The van der Waals surface area contributed by atoms with E-state index in [1.807, 2.05) is 0 Å². The molecule has 0 bridgehead atoms. The lowest BCUT2D eigenvalue weighted by Gasteiger charge is -2.63. The van der Waals surface area contributed by atoms with Crippen molar-refractivity contribution in [3.8, 4) is 11.8 Å². The fraction of sp³-hybridized carbons (Fsp3) is 0.700. The predicted molar refractivity (Wildman–Crippen MR) is 262 cm³/mol. The number of thioether (sulfide) groups is 1. The van der Waals surface area contributed by atoms with Crippen LogP contribution in [0.5, 0.6) is 5.75 Å². The van der Waals surface area contributed by atoms with Crippen LogP contribution in [0, 0.1) is 45.3 Å². The van der Waals surface area contributed by atoms with Gasteiger partial charge in [-0.3, -0.25) is 35.5 Å². The van der Waals surface area contributed by atoms with Gasteiger partial charge in [0.25, 0.3) is 0 Å². The van der Waals surface area contributed by atoms with Crippen LogP contribution in [0.3, 0.4) is 0 Å². The van der Waals surface area contributed by atoms with Crippen LogP contribution in [0.15, 0.2) is 47.5 Å². The monoisotopic (exact) mass is 942 g/mol. The zero-order valence-corrected chi connectivity index (χ0v) is 41.5. The lowest BCUT2D eigenvalue weighted by Crippen LogP contribution is -2.75. The van der Waals surface area contributed by atoms with Crippen LogP contribution in [-0.2, 0) is 9.53 Å². The van der Waals surface area contributed by atoms with Gasteiger partial charge in [0.2, 0.25) is 5.91 Å². The molecule has 1 saturated carbocycles. The Balaban J connectivity index is 0.736. The molecule has 7 heterocycles. The summed E-state index contributed by atoms with van der Waals surface area (Å²) >= 11 is 8.43. The molecule has 2 aromatic carbocycles. The highest BCUT2D eigenvalue weighted by Gasteiger charge is 2.64. The fourth-order valence-electron chi connectivity index (χ4n) is 13.4. The number of nitrogens with zero attached hydrogens (tertiary/aromatic N) is 5. The standard InChI is InChI=1S/C50H72ClN11O3S/c1-29-30(2)66-44-40(29)41(56-38(24-39-53-18-22-64-39)42-59-58-31(3)62(42)44)32-9-12-35(13-10-32)61-19-8-15-50(28-61)16-20-60(21-17-50)47-54-26-34(27-55-47)43(63)57-45-48(4,5)46(49(45,6)7)65-36-14-11-33(25-52)37(51)23-36/h9-14,23,29-31,34,38-40,42,44-47,53-55,58-59H,8,15-22,24,26-28H2,1-7H3,(H,57,63). The number of carbonyl (C=O) groups excluding carboxylic acids is 1. The van der Waals surface area contributed by atoms with Crippen molar-refractivity contribution in [1.82, 2.24) is 41.9 Å². The SMILES string of the molecule is CC1SC2C(C(c3ccc(N4CCCC5(CCN(C6NCC(C(=O)NC7C(C)(C)C(Oc8ccc(C#N)c(Cl)c8)C7(C)C)CN6)CC5)C4)cc3)=NC(CC3NCCO3)C3NNC(C)N32)C1C. The highest BCUT2D eigenvalue weighted by molar-refractivity contribution is 8.00. The molecule has 8 atom stereocenters. The summed E-state index contributed by atoms with van der Waals surface area (Å²) in [6.07, 6.45) is 5.96. The van der Waals surface area contributed by atoms with Crippen LogP contribution in [-0.4, -0.2) is 127 Å². The zero-order chi connectivity index (χ0) is 46.1. The minimum Gasteiger partial charge on any atom is -0.489 e. The summed E-state index contributed by atoms with van der Waals surface area (Å²) in [4.78, 5) is 27.3. The van der Waals surface area contributed by atoms with Gasteiger partial charge in [0.05, 0.1) is 46.9 Å². The second-order valence-corrected chi connectivity index (χ2v) is 23.9. The number of carbonyl (C=O) groups is 1. The van der Waals surface area contributed by atoms with E-state index in [0.717, 1.165) is 45.8 Å². The van der Waals surface area contributed by atoms with Crippen molar-refractivity contribution < 1.29 is 14.3 Å². The summed E-state index contributed by atoms with van der Waals surface area (Å²) < 4.78 is 12.5. The second-order valence-electron chi connectivity index (χ2n) is 22.0. The molecule has 358 valence electrons. The third kappa shape index (κ3) is 8.57. The fourth-order valence-corrected chi connectivity index (χ4v) is 15.5. The van der Waals surface area contributed by atoms with Crippen LogP contribution in [0.1, 0.15) is 91.7 Å². The van der Waals surface area contributed by atoms with Crippen molar-refractivity contribution in [2.45, 2.75) is 134 Å². The smallest absolute Gasteiger partial charge is 0.225 e. The quantitative estimate of drug-likeness (QED) is 0.194. The Morgan fingerprint density at radius 3 is 2.42 bits per heavy atom. The normalized spacial score (nSPS) is 37.3. The molecule has 10 rings (SSSR count). The van der Waals surface area contributed by atoms with E-state index in [0.29, 0.717) is 57.3 Å². The number of nitrogens with one attached hydrogen (secondary N) is 6. The molecule has 7 fully saturated rings. The number of aliphatic imine (C=N–C) groups is 1. The topological polar surface area (TPSA) is 154 Å². The summed E-state index contributed by atoms with van der Waals surface area (Å²) in [5.41, 5.74) is 11.2. The number of anilines is 1. The summed E-state index contributed by atoms with van der Waals surface area (Å²) in [5, 5.41) is 24.9. The first-order chi connectivity index (χ1) is 31.7. The molecule has 14 nitrogen and oxygen atoms in total. The number of benzene rings is 2. The number of hydrogen-bond donors (Lipinski definition) is 6. The summed E-state index contributed by atoms with van der Waals surface area (Å²) in [6, 6.07) is 16.8. The first-order valence-electron chi connectivity index (χ1n) is 24.8. The van der Waals surface area contributed by atoms with Crippen molar-refractivity contribution >= 4 is 40.7 Å². The molecule has 8 aliphatic rings. The van der Waals surface area contributed by atoms with E-state index >= 15 is 0 Å². The van der Waals surface area contributed by atoms with E-state index in [-0.39, 0.29) is 65.7 Å². The number of hydrogen-bond acceptors (Lipinski definition) is 14. The lowest BCUT2D eigenvalue weighted by atomic mass is 9.49. The van der Waals surface area contributed by atoms with Gasteiger partial charge in [-0.1, -0.05) is 65.3 Å². The van der Waals surface area contributed by atoms with Crippen LogP contribution >= 0.6 is 23.4 Å². The number of hydrazine groups is 1. The van der Waals surface area contributed by atoms with Crippen LogP contribution in [0.4, 0.5) is 5.69 Å². The molecule has 1 spiro atoms. The molecule has 2 aromatic rings. The number of rotatable bonds is 9. The van der Waals surface area contributed by atoms with Gasteiger partial charge in [0.1, 0.15) is 30.4 Å². The summed E-state index contributed by atoms with van der Waals surface area (Å²) in [5.74, 6) is 1.39. The number of nitriles is 1. The summed E-state index contributed by atoms with van der Waals surface area (Å²) in [7, 11) is 0. The third-order valence-electron chi connectivity index (χ3n) is 17.0. The molecule has 7 aliphatic heterocycles. The van der Waals surface area contributed by atoms with Crippen molar-refractivity contribution in [2.75, 3.05) is 57.3 Å². The Labute approximate surface area is 401 Å². The number of piperidine rings is 2. The first-order valence-corrected chi connectivity index (χ1v) is 26.1. The van der Waals surface area contributed by atoms with Crippen LogP contribution in [0.25, 0.3) is 0 Å². The van der Waals surface area contributed by atoms with Crippen molar-refractivity contribution in [3.63, 3.8) is 0 Å². The predicted octanol–water partition coefficient (Wildman–Crippen LogP) is 5.29. The van der Waals surface area contributed by atoms with E-state index in [1.54, 1.807) is 18.2 Å². The number of fused-ring (bicyclic) bond motifs is 3. The molecular weight excluding hydrogens is 870 g/mol. The van der Waals surface area contributed by atoms with E-state index in [4.69, 9.17) is 26.1 Å². The minimum atomic E-state index is -0.306. The van der Waals surface area contributed by atoms with Crippen LogP contribution in [0.2, 0.25) is 5.02 Å². The molecule has 1 aliphatic carbocycles. The van der Waals surface area contributed by atoms with Gasteiger partial charge in [-0.2, -0.15) is 5.26 Å². The van der Waals surface area contributed by atoms with Crippen molar-refractivity contribution in [2.24, 2.45) is 39.0 Å². The van der Waals surface area contributed by atoms with Gasteiger partial charge in [0, 0.05) is 97.7 Å². The van der Waals surface area contributed by atoms with Crippen molar-refractivity contribution in [1.29, 1.82) is 5.26 Å².